The van der Waals surface area contributed by atoms with Gasteiger partial charge in [0.2, 0.25) is 0 Å². The molecule has 7 heteroatoms. The van der Waals surface area contributed by atoms with E-state index in [1.165, 1.54) is 0 Å². The van der Waals surface area contributed by atoms with Crippen molar-refractivity contribution in [2.75, 3.05) is 33.1 Å². The van der Waals surface area contributed by atoms with Gasteiger partial charge in [-0.1, -0.05) is 11.6 Å². The van der Waals surface area contributed by atoms with Crippen molar-refractivity contribution < 1.29 is 19.2 Å². The Balaban J connectivity index is 1.96. The fourth-order valence-corrected chi connectivity index (χ4v) is 2.50. The van der Waals surface area contributed by atoms with Gasteiger partial charge in [-0.3, -0.25) is 4.79 Å². The summed E-state index contributed by atoms with van der Waals surface area (Å²) in [4.78, 5) is 17.1. The topological polar surface area (TPSA) is 64.9 Å². The quantitative estimate of drug-likeness (QED) is 0.741. The molecule has 1 aromatic carbocycles. The number of rotatable bonds is 7. The maximum atomic E-state index is 12.2. The number of anilines is 1. The molecule has 0 fully saturated rings. The lowest BCUT2D eigenvalue weighted by atomic mass is 10.2. The van der Waals surface area contributed by atoms with Gasteiger partial charge in [0, 0.05) is 17.8 Å². The molecule has 6 nitrogen and oxygen atoms in total. The molecule has 0 spiro atoms. The molecule has 1 atom stereocenters. The molecule has 0 bridgehead atoms. The molecule has 0 saturated heterocycles. The standard InChI is InChI=1S/C17H20ClN3O3/c1-21(10-12-6-7-13(23-2)9-15(12)24-3)11-16(22)20-14-5-4-8-19-17(14)18/h4-9H,10-11H2,1-3H3,(H,20,22)/p+1. The van der Waals surface area contributed by atoms with Crippen molar-refractivity contribution in [2.45, 2.75) is 6.54 Å². The summed E-state index contributed by atoms with van der Waals surface area (Å²) < 4.78 is 10.6. The molecular formula is C17H21ClN3O3+. The molecule has 0 aliphatic heterocycles. The van der Waals surface area contributed by atoms with Gasteiger partial charge >= 0.3 is 0 Å². The van der Waals surface area contributed by atoms with E-state index in [0.29, 0.717) is 18.8 Å². The lowest BCUT2D eigenvalue weighted by Gasteiger charge is -2.16. The molecule has 1 amide bonds. The molecule has 1 aromatic heterocycles. The van der Waals surface area contributed by atoms with Gasteiger partial charge in [0.15, 0.2) is 11.7 Å². The minimum atomic E-state index is -0.130. The highest BCUT2D eigenvalue weighted by Gasteiger charge is 2.15. The third kappa shape index (κ3) is 4.84. The van der Waals surface area contributed by atoms with E-state index < -0.39 is 0 Å². The van der Waals surface area contributed by atoms with Crippen LogP contribution in [-0.2, 0) is 11.3 Å². The van der Waals surface area contributed by atoms with Gasteiger partial charge in [-0.2, -0.15) is 0 Å². The minimum Gasteiger partial charge on any atom is -0.497 e. The van der Waals surface area contributed by atoms with Crippen LogP contribution in [0.5, 0.6) is 11.5 Å². The summed E-state index contributed by atoms with van der Waals surface area (Å²) in [6, 6.07) is 9.09. The van der Waals surface area contributed by atoms with Gasteiger partial charge in [-0.15, -0.1) is 0 Å². The van der Waals surface area contributed by atoms with Gasteiger partial charge in [-0.25, -0.2) is 4.98 Å². The maximum Gasteiger partial charge on any atom is 0.279 e. The first kappa shape index (κ1) is 18.0. The molecule has 0 aliphatic carbocycles. The van der Waals surface area contributed by atoms with Gasteiger partial charge in [0.1, 0.15) is 18.0 Å². The van der Waals surface area contributed by atoms with Crippen molar-refractivity contribution in [1.82, 2.24) is 4.98 Å². The minimum absolute atomic E-state index is 0.130. The highest BCUT2D eigenvalue weighted by atomic mass is 35.5. The summed E-state index contributed by atoms with van der Waals surface area (Å²) in [6.45, 7) is 0.932. The number of aromatic nitrogens is 1. The number of benzene rings is 1. The largest absolute Gasteiger partial charge is 0.497 e. The Morgan fingerprint density at radius 3 is 2.75 bits per heavy atom. The second-order valence-corrected chi connectivity index (χ2v) is 5.74. The Morgan fingerprint density at radius 2 is 2.08 bits per heavy atom. The van der Waals surface area contributed by atoms with Crippen molar-refractivity contribution in [2.24, 2.45) is 0 Å². The predicted octanol–water partition coefficient (Wildman–Crippen LogP) is 1.41. The second kappa shape index (κ2) is 8.52. The van der Waals surface area contributed by atoms with Crippen LogP contribution >= 0.6 is 11.6 Å². The van der Waals surface area contributed by atoms with Gasteiger partial charge in [0.25, 0.3) is 5.91 Å². The van der Waals surface area contributed by atoms with Crippen LogP contribution in [0.15, 0.2) is 36.5 Å². The SMILES string of the molecule is COc1ccc(C[NH+](C)CC(=O)Nc2cccnc2Cl)c(OC)c1. The number of nitrogens with zero attached hydrogens (tertiary/aromatic N) is 1. The number of carbonyl (C=O) groups excluding carboxylic acids is 1. The Labute approximate surface area is 146 Å². The van der Waals surface area contributed by atoms with E-state index in [2.05, 4.69) is 10.3 Å². The van der Waals surface area contributed by atoms with Gasteiger partial charge in [-0.05, 0) is 24.3 Å². The van der Waals surface area contributed by atoms with E-state index in [1.54, 1.807) is 32.5 Å². The van der Waals surface area contributed by atoms with Gasteiger partial charge < -0.3 is 19.7 Å². The first-order valence-corrected chi connectivity index (χ1v) is 7.84. The smallest absolute Gasteiger partial charge is 0.279 e. The molecule has 0 saturated carbocycles. The van der Waals surface area contributed by atoms with Crippen LogP contribution in [0.3, 0.4) is 0 Å². The number of quaternary nitrogens is 1. The number of ether oxygens (including phenoxy) is 2. The fourth-order valence-electron chi connectivity index (χ4n) is 2.33. The monoisotopic (exact) mass is 350 g/mol. The molecule has 1 unspecified atom stereocenters. The Kier molecular flexibility index (Phi) is 6.40. The van der Waals surface area contributed by atoms with E-state index >= 15 is 0 Å². The van der Waals surface area contributed by atoms with Crippen LogP contribution in [-0.4, -0.2) is 38.7 Å². The Hall–Kier alpha value is -2.31. The molecule has 0 radical (unpaired) electrons. The van der Waals surface area contributed by atoms with Crippen molar-refractivity contribution in [3.8, 4) is 11.5 Å². The van der Waals surface area contributed by atoms with Crippen molar-refractivity contribution >= 4 is 23.2 Å². The van der Waals surface area contributed by atoms with Crippen molar-refractivity contribution in [1.29, 1.82) is 0 Å². The lowest BCUT2D eigenvalue weighted by molar-refractivity contribution is -0.885. The predicted molar refractivity (Wildman–Crippen MR) is 92.9 cm³/mol. The molecule has 128 valence electrons. The van der Waals surface area contributed by atoms with Crippen LogP contribution in [0, 0.1) is 0 Å². The van der Waals surface area contributed by atoms with Crippen LogP contribution in [0.2, 0.25) is 5.15 Å². The molecule has 0 aliphatic rings. The number of pyridine rings is 1. The van der Waals surface area contributed by atoms with Crippen LogP contribution in [0.1, 0.15) is 5.56 Å². The molecule has 1 heterocycles. The molecule has 2 aromatic rings. The zero-order valence-electron chi connectivity index (χ0n) is 13.9. The normalized spacial score (nSPS) is 11.7. The molecule has 24 heavy (non-hydrogen) atoms. The first-order chi connectivity index (χ1) is 11.5. The zero-order valence-corrected chi connectivity index (χ0v) is 14.7. The summed E-state index contributed by atoms with van der Waals surface area (Å²) in [7, 11) is 5.17. The number of carbonyl (C=O) groups is 1. The van der Waals surface area contributed by atoms with E-state index in [9.17, 15) is 4.79 Å². The number of nitrogens with one attached hydrogen (secondary N) is 2. The van der Waals surface area contributed by atoms with Crippen LogP contribution in [0.4, 0.5) is 5.69 Å². The van der Waals surface area contributed by atoms with Crippen molar-refractivity contribution in [3.05, 3.63) is 47.2 Å². The van der Waals surface area contributed by atoms with E-state index in [4.69, 9.17) is 21.1 Å². The van der Waals surface area contributed by atoms with Crippen molar-refractivity contribution in [3.63, 3.8) is 0 Å². The summed E-state index contributed by atoms with van der Waals surface area (Å²) in [6.07, 6.45) is 1.57. The number of methoxy groups -OCH3 is 2. The number of hydrogen-bond acceptors (Lipinski definition) is 4. The highest BCUT2D eigenvalue weighted by molar-refractivity contribution is 6.32. The number of halogens is 1. The fraction of sp³-hybridized carbons (Fsp3) is 0.294. The van der Waals surface area contributed by atoms with E-state index in [-0.39, 0.29) is 11.1 Å². The third-order valence-corrected chi connectivity index (χ3v) is 3.78. The number of likely N-dealkylation sites (N-methyl/N-ethyl adjacent to an activating group) is 1. The van der Waals surface area contributed by atoms with E-state index in [1.807, 2.05) is 25.2 Å². The maximum absolute atomic E-state index is 12.2. The number of amides is 1. The van der Waals surface area contributed by atoms with Crippen LogP contribution < -0.4 is 19.7 Å². The summed E-state index contributed by atoms with van der Waals surface area (Å²) in [5.41, 5.74) is 1.52. The second-order valence-electron chi connectivity index (χ2n) is 5.38. The first-order valence-electron chi connectivity index (χ1n) is 7.46. The summed E-state index contributed by atoms with van der Waals surface area (Å²) in [5.74, 6) is 1.34. The summed E-state index contributed by atoms with van der Waals surface area (Å²) >= 11 is 5.94. The molecule has 2 rings (SSSR count). The average molecular weight is 351 g/mol. The van der Waals surface area contributed by atoms with Gasteiger partial charge in [0.05, 0.1) is 27.0 Å². The van der Waals surface area contributed by atoms with Crippen LogP contribution in [0.25, 0.3) is 0 Å². The van der Waals surface area contributed by atoms with E-state index in [0.717, 1.165) is 22.0 Å². The average Bonchev–Trinajstić information content (AvgIpc) is 2.57. The Bertz CT molecular complexity index is 709. The zero-order chi connectivity index (χ0) is 17.5. The third-order valence-electron chi connectivity index (χ3n) is 3.48. The molecular weight excluding hydrogens is 330 g/mol. The lowest BCUT2D eigenvalue weighted by Crippen LogP contribution is -3.08. The number of hydrogen-bond donors (Lipinski definition) is 2. The highest BCUT2D eigenvalue weighted by Crippen LogP contribution is 2.23. The Morgan fingerprint density at radius 1 is 1.29 bits per heavy atom. The molecule has 2 N–H and O–H groups in total. The summed E-state index contributed by atoms with van der Waals surface area (Å²) in [5, 5.41) is 3.05.